The lowest BCUT2D eigenvalue weighted by atomic mass is 10.1. The zero-order chi connectivity index (χ0) is 22.4. The van der Waals surface area contributed by atoms with E-state index in [0.717, 1.165) is 37.3 Å². The maximum atomic E-state index is 12.3. The average molecular weight is 426 g/mol. The Morgan fingerprint density at radius 1 is 0.933 bits per heavy atom. The van der Waals surface area contributed by atoms with E-state index in [9.17, 15) is 19.2 Å². The van der Waals surface area contributed by atoms with Gasteiger partial charge >= 0.3 is 0 Å². The lowest BCUT2D eigenvalue weighted by molar-refractivity contribution is 0.414. The van der Waals surface area contributed by atoms with Crippen LogP contribution in [0.1, 0.15) is 45.1 Å². The SMILES string of the molecule is CCCCP(CCCC)(C(=C=O)C(=C=O)C(=C=O)C=C=O)=C(OC)c1ccccc1. The van der Waals surface area contributed by atoms with E-state index in [-0.39, 0.29) is 16.5 Å². The minimum absolute atomic E-state index is 0.0601. The Balaban J connectivity index is 4.09. The molecular formula is C24H27O5P. The highest BCUT2D eigenvalue weighted by molar-refractivity contribution is 7.80. The molecule has 1 aromatic carbocycles. The van der Waals surface area contributed by atoms with Gasteiger partial charge in [0, 0.05) is 18.7 Å². The summed E-state index contributed by atoms with van der Waals surface area (Å²) < 4.78 is 5.87. The number of allylic oxidation sites excluding steroid dienone is 4. The molecule has 0 aliphatic rings. The zero-order valence-electron chi connectivity index (χ0n) is 17.7. The van der Waals surface area contributed by atoms with Crippen molar-refractivity contribution in [3.8, 4) is 0 Å². The second-order valence-electron chi connectivity index (χ2n) is 6.70. The Kier molecular flexibility index (Phi) is 11.4. The lowest BCUT2D eigenvalue weighted by Crippen LogP contribution is -2.16. The van der Waals surface area contributed by atoms with E-state index in [0.29, 0.717) is 17.8 Å². The molecule has 0 radical (unpaired) electrons. The number of carbonyl (C=O) groups excluding carboxylic acids is 4. The maximum Gasteiger partial charge on any atom is 0.135 e. The van der Waals surface area contributed by atoms with Crippen LogP contribution >= 0.6 is 6.89 Å². The van der Waals surface area contributed by atoms with Crippen LogP contribution in [-0.2, 0) is 23.9 Å². The summed E-state index contributed by atoms with van der Waals surface area (Å²) in [6, 6.07) is 9.40. The average Bonchev–Trinajstić information content (AvgIpc) is 2.79. The molecule has 0 saturated heterocycles. The van der Waals surface area contributed by atoms with E-state index < -0.39 is 6.89 Å². The first-order chi connectivity index (χ1) is 14.6. The minimum atomic E-state index is -2.60. The Hall–Kier alpha value is -2.72. The summed E-state index contributed by atoms with van der Waals surface area (Å²) in [5.41, 5.74) is 0.797. The predicted octanol–water partition coefficient (Wildman–Crippen LogP) is 4.05. The fraction of sp³-hybridized carbons (Fsp3) is 0.375. The van der Waals surface area contributed by atoms with E-state index in [1.807, 2.05) is 50.1 Å². The number of benzene rings is 1. The molecule has 0 aromatic heterocycles. The van der Waals surface area contributed by atoms with Crippen molar-refractivity contribution >= 4 is 36.1 Å². The van der Waals surface area contributed by atoms with Gasteiger partial charge in [0.15, 0.2) is 0 Å². The number of methoxy groups -OCH3 is 1. The molecule has 0 heterocycles. The van der Waals surface area contributed by atoms with Crippen molar-refractivity contribution in [3.63, 3.8) is 0 Å². The van der Waals surface area contributed by atoms with Gasteiger partial charge in [-0.3, -0.25) is 0 Å². The molecule has 0 aliphatic heterocycles. The number of ether oxygens (including phenoxy) is 1. The van der Waals surface area contributed by atoms with Crippen molar-refractivity contribution in [1.29, 1.82) is 0 Å². The van der Waals surface area contributed by atoms with Crippen molar-refractivity contribution in [1.82, 2.24) is 0 Å². The van der Waals surface area contributed by atoms with E-state index in [1.165, 1.54) is 5.94 Å². The van der Waals surface area contributed by atoms with Crippen molar-refractivity contribution in [2.24, 2.45) is 0 Å². The molecule has 0 unspecified atom stereocenters. The first-order valence-electron chi connectivity index (χ1n) is 9.91. The van der Waals surface area contributed by atoms with Gasteiger partial charge in [-0.05, 0) is 32.1 Å². The second-order valence-corrected chi connectivity index (χ2v) is 10.4. The molecular weight excluding hydrogens is 399 g/mol. The summed E-state index contributed by atoms with van der Waals surface area (Å²) in [5.74, 6) is 6.68. The van der Waals surface area contributed by atoms with E-state index >= 15 is 0 Å². The van der Waals surface area contributed by atoms with Crippen LogP contribution < -0.4 is 0 Å². The van der Waals surface area contributed by atoms with Crippen LogP contribution in [0, 0.1) is 0 Å². The maximum absolute atomic E-state index is 12.3. The lowest BCUT2D eigenvalue weighted by Gasteiger charge is -2.31. The molecule has 0 N–H and O–H groups in total. The molecule has 5 nitrogen and oxygen atoms in total. The largest absolute Gasteiger partial charge is 0.348 e. The standard InChI is InChI=1S/C24H27O5P/c1-4-6-15-30(16-7-5-2,24(29-3)20-11-9-8-10-12-20)23(19-28)22(18-27)21(17-26)13-14-25/h8-13H,4-7,15-16H2,1-3H3. The molecule has 0 saturated carbocycles. The third-order valence-corrected chi connectivity index (χ3v) is 9.38. The third-order valence-electron chi connectivity index (χ3n) is 4.84. The Morgan fingerprint density at radius 2 is 1.53 bits per heavy atom. The van der Waals surface area contributed by atoms with Gasteiger partial charge in [0.25, 0.3) is 0 Å². The van der Waals surface area contributed by atoms with Crippen LogP contribution in [0.5, 0.6) is 0 Å². The second kappa shape index (κ2) is 13.5. The Labute approximate surface area is 177 Å². The fourth-order valence-corrected chi connectivity index (χ4v) is 8.17. The highest BCUT2D eigenvalue weighted by atomic mass is 31.2. The van der Waals surface area contributed by atoms with E-state index in [2.05, 4.69) is 0 Å². The Morgan fingerprint density at radius 3 is 1.93 bits per heavy atom. The predicted molar refractivity (Wildman–Crippen MR) is 122 cm³/mol. The summed E-state index contributed by atoms with van der Waals surface area (Å²) in [5, 5.41) is 0.0601. The summed E-state index contributed by atoms with van der Waals surface area (Å²) in [6.45, 7) is 1.48. The molecule has 158 valence electrons. The van der Waals surface area contributed by atoms with Crippen molar-refractivity contribution in [3.05, 3.63) is 58.4 Å². The van der Waals surface area contributed by atoms with Crippen molar-refractivity contribution < 1.29 is 23.9 Å². The highest BCUT2D eigenvalue weighted by Gasteiger charge is 2.33. The number of unbranched alkanes of at least 4 members (excludes halogenated alkanes) is 2. The monoisotopic (exact) mass is 426 g/mol. The van der Waals surface area contributed by atoms with Crippen LogP contribution in [0.4, 0.5) is 0 Å². The van der Waals surface area contributed by atoms with Gasteiger partial charge < -0.3 is 4.74 Å². The van der Waals surface area contributed by atoms with Crippen LogP contribution in [-0.4, -0.2) is 48.7 Å². The van der Waals surface area contributed by atoms with Crippen LogP contribution in [0.15, 0.2) is 52.9 Å². The van der Waals surface area contributed by atoms with Gasteiger partial charge in [0.2, 0.25) is 0 Å². The van der Waals surface area contributed by atoms with Gasteiger partial charge in [-0.2, -0.15) is 0 Å². The van der Waals surface area contributed by atoms with Crippen LogP contribution in [0.25, 0.3) is 0 Å². The summed E-state index contributed by atoms with van der Waals surface area (Å²) >= 11 is 0. The number of rotatable bonds is 12. The van der Waals surface area contributed by atoms with Crippen LogP contribution in [0.3, 0.4) is 0 Å². The fourth-order valence-electron chi connectivity index (χ4n) is 3.41. The molecule has 1 rings (SSSR count). The molecule has 1 aromatic rings. The summed E-state index contributed by atoms with van der Waals surface area (Å²) in [7, 11) is 1.55. The third kappa shape index (κ3) is 5.90. The van der Waals surface area contributed by atoms with E-state index in [4.69, 9.17) is 4.74 Å². The topological polar surface area (TPSA) is 77.5 Å². The molecule has 0 bridgehead atoms. The first-order valence-corrected chi connectivity index (χ1v) is 12.1. The molecule has 0 fully saturated rings. The van der Waals surface area contributed by atoms with Gasteiger partial charge in [-0.1, -0.05) is 57.0 Å². The van der Waals surface area contributed by atoms with Gasteiger partial charge in [-0.25, -0.2) is 19.2 Å². The summed E-state index contributed by atoms with van der Waals surface area (Å²) in [4.78, 5) is 46.5. The van der Waals surface area contributed by atoms with Gasteiger partial charge in [0.05, 0.1) is 21.9 Å². The minimum Gasteiger partial charge on any atom is -0.348 e. The molecule has 0 aliphatic carbocycles. The quantitative estimate of drug-likeness (QED) is 0.286. The van der Waals surface area contributed by atoms with Crippen LogP contribution in [0.2, 0.25) is 0 Å². The van der Waals surface area contributed by atoms with Gasteiger partial charge in [0.1, 0.15) is 23.8 Å². The van der Waals surface area contributed by atoms with E-state index in [1.54, 1.807) is 19.0 Å². The summed E-state index contributed by atoms with van der Waals surface area (Å²) in [6.07, 6.45) is 5.33. The molecule has 6 heteroatoms. The molecule has 0 amide bonds. The highest BCUT2D eigenvalue weighted by Crippen LogP contribution is 2.61. The van der Waals surface area contributed by atoms with Crippen molar-refractivity contribution in [2.75, 3.05) is 19.4 Å². The zero-order valence-corrected chi connectivity index (χ0v) is 18.6. The van der Waals surface area contributed by atoms with Gasteiger partial charge in [-0.15, -0.1) is 0 Å². The first kappa shape index (κ1) is 25.3. The number of hydrogen-bond acceptors (Lipinski definition) is 5. The normalized spacial score (nSPS) is 10.1. The molecule has 0 atom stereocenters. The smallest absolute Gasteiger partial charge is 0.135 e. The van der Waals surface area contributed by atoms with Crippen molar-refractivity contribution in [2.45, 2.75) is 39.5 Å². The molecule has 30 heavy (non-hydrogen) atoms. The molecule has 0 spiro atoms. The number of hydrogen-bond donors (Lipinski definition) is 0. The Bertz CT molecular complexity index is 968.